The van der Waals surface area contributed by atoms with Crippen LogP contribution >= 0.6 is 0 Å². The van der Waals surface area contributed by atoms with Crippen LogP contribution in [0.2, 0.25) is 0 Å². The summed E-state index contributed by atoms with van der Waals surface area (Å²) in [4.78, 5) is 13.8. The lowest BCUT2D eigenvalue weighted by Gasteiger charge is -2.10. The number of nitrogens with zero attached hydrogens (tertiary/aromatic N) is 6. The number of carbonyl (C=O) groups is 1. The number of anilines is 1. The van der Waals surface area contributed by atoms with Gasteiger partial charge in [0.1, 0.15) is 12.2 Å². The van der Waals surface area contributed by atoms with Crippen LogP contribution in [0, 0.1) is 0 Å². The predicted octanol–water partition coefficient (Wildman–Crippen LogP) is 0.345. The zero-order valence-electron chi connectivity index (χ0n) is 14.7. The summed E-state index contributed by atoms with van der Waals surface area (Å²) in [5.74, 6) is -0.0497. The fourth-order valence-electron chi connectivity index (χ4n) is 2.00. The third-order valence-electron chi connectivity index (χ3n) is 3.38. The van der Waals surface area contributed by atoms with E-state index in [2.05, 4.69) is 39.9 Å². The van der Waals surface area contributed by atoms with E-state index in [-0.39, 0.29) is 12.5 Å². The SMILES string of the molecule is CC(C)n1cc(CNc2cnn(CC(=O)NCCN(C)C)c2)nn1. The van der Waals surface area contributed by atoms with Crippen molar-refractivity contribution in [3.05, 3.63) is 24.3 Å². The third-order valence-corrected chi connectivity index (χ3v) is 3.38. The number of aromatic nitrogens is 5. The topological polar surface area (TPSA) is 92.9 Å². The normalized spacial score (nSPS) is 11.2. The summed E-state index contributed by atoms with van der Waals surface area (Å²) in [6.45, 7) is 6.32. The molecule has 9 nitrogen and oxygen atoms in total. The third kappa shape index (κ3) is 5.65. The summed E-state index contributed by atoms with van der Waals surface area (Å²) < 4.78 is 3.43. The van der Waals surface area contributed by atoms with Gasteiger partial charge in [0.25, 0.3) is 0 Å². The van der Waals surface area contributed by atoms with Crippen molar-refractivity contribution in [3.63, 3.8) is 0 Å². The van der Waals surface area contributed by atoms with Gasteiger partial charge in [-0.15, -0.1) is 5.10 Å². The molecule has 24 heavy (non-hydrogen) atoms. The van der Waals surface area contributed by atoms with E-state index in [0.29, 0.717) is 19.1 Å². The summed E-state index contributed by atoms with van der Waals surface area (Å²) in [6.07, 6.45) is 5.42. The molecule has 0 bridgehead atoms. The first-order valence-corrected chi connectivity index (χ1v) is 8.02. The van der Waals surface area contributed by atoms with Crippen molar-refractivity contribution in [2.45, 2.75) is 33.0 Å². The van der Waals surface area contributed by atoms with Crippen molar-refractivity contribution in [2.24, 2.45) is 0 Å². The minimum Gasteiger partial charge on any atom is -0.377 e. The second kappa shape index (κ2) is 8.44. The molecule has 0 aliphatic heterocycles. The Kier molecular flexibility index (Phi) is 6.30. The highest BCUT2D eigenvalue weighted by Gasteiger charge is 2.06. The Morgan fingerprint density at radius 3 is 2.79 bits per heavy atom. The van der Waals surface area contributed by atoms with Gasteiger partial charge in [-0.25, -0.2) is 4.68 Å². The molecule has 0 atom stereocenters. The molecule has 0 aliphatic carbocycles. The molecular weight excluding hydrogens is 308 g/mol. The van der Waals surface area contributed by atoms with E-state index in [1.807, 2.05) is 29.9 Å². The fraction of sp³-hybridized carbons (Fsp3) is 0.600. The van der Waals surface area contributed by atoms with Gasteiger partial charge in [-0.05, 0) is 27.9 Å². The van der Waals surface area contributed by atoms with Crippen molar-refractivity contribution in [2.75, 3.05) is 32.5 Å². The molecule has 0 spiro atoms. The molecule has 2 aromatic heterocycles. The summed E-state index contributed by atoms with van der Waals surface area (Å²) in [5, 5.41) is 18.4. The molecule has 0 aliphatic rings. The molecule has 1 amide bonds. The smallest absolute Gasteiger partial charge is 0.241 e. The number of hydrogen-bond donors (Lipinski definition) is 2. The molecule has 0 unspecified atom stereocenters. The Labute approximate surface area is 142 Å². The molecule has 2 heterocycles. The summed E-state index contributed by atoms with van der Waals surface area (Å²) in [7, 11) is 3.94. The number of rotatable bonds is 9. The van der Waals surface area contributed by atoms with Crippen molar-refractivity contribution >= 4 is 11.6 Å². The number of carbonyl (C=O) groups excluding carboxylic acids is 1. The Morgan fingerprint density at radius 1 is 1.33 bits per heavy atom. The maximum Gasteiger partial charge on any atom is 0.241 e. The van der Waals surface area contributed by atoms with Crippen molar-refractivity contribution < 1.29 is 4.79 Å². The maximum absolute atomic E-state index is 11.8. The van der Waals surface area contributed by atoms with E-state index in [9.17, 15) is 4.79 Å². The average Bonchev–Trinajstić information content (AvgIpc) is 3.13. The minimum absolute atomic E-state index is 0.0497. The van der Waals surface area contributed by atoms with Crippen LogP contribution in [0.1, 0.15) is 25.6 Å². The van der Waals surface area contributed by atoms with Crippen molar-refractivity contribution in [1.29, 1.82) is 0 Å². The number of hydrogen-bond acceptors (Lipinski definition) is 6. The van der Waals surface area contributed by atoms with Gasteiger partial charge in [0, 0.05) is 25.3 Å². The first kappa shape index (κ1) is 17.9. The van der Waals surface area contributed by atoms with Gasteiger partial charge >= 0.3 is 0 Å². The van der Waals surface area contributed by atoms with Gasteiger partial charge in [-0.3, -0.25) is 9.48 Å². The molecule has 132 valence electrons. The predicted molar refractivity (Wildman–Crippen MR) is 91.5 cm³/mol. The fourth-order valence-corrected chi connectivity index (χ4v) is 2.00. The summed E-state index contributed by atoms with van der Waals surface area (Å²) in [5.41, 5.74) is 1.70. The Hall–Kier alpha value is -2.42. The van der Waals surface area contributed by atoms with Gasteiger partial charge in [0.2, 0.25) is 5.91 Å². The highest BCUT2D eigenvalue weighted by atomic mass is 16.2. The monoisotopic (exact) mass is 334 g/mol. The second-order valence-electron chi connectivity index (χ2n) is 6.22. The molecule has 0 saturated carbocycles. The number of nitrogens with one attached hydrogen (secondary N) is 2. The molecule has 2 N–H and O–H groups in total. The van der Waals surface area contributed by atoms with Crippen LogP contribution in [0.3, 0.4) is 0 Å². The van der Waals surface area contributed by atoms with Crippen LogP contribution in [-0.4, -0.2) is 62.8 Å². The lowest BCUT2D eigenvalue weighted by Crippen LogP contribution is -2.33. The van der Waals surface area contributed by atoms with Gasteiger partial charge in [0.15, 0.2) is 0 Å². The van der Waals surface area contributed by atoms with E-state index < -0.39 is 0 Å². The van der Waals surface area contributed by atoms with Crippen LogP contribution in [0.15, 0.2) is 18.6 Å². The van der Waals surface area contributed by atoms with Gasteiger partial charge in [-0.2, -0.15) is 5.10 Å². The molecule has 0 fully saturated rings. The molecule has 0 radical (unpaired) electrons. The highest BCUT2D eigenvalue weighted by molar-refractivity contribution is 5.75. The van der Waals surface area contributed by atoms with Crippen LogP contribution in [-0.2, 0) is 17.9 Å². The number of likely N-dealkylation sites (N-methyl/N-ethyl adjacent to an activating group) is 1. The minimum atomic E-state index is -0.0497. The van der Waals surface area contributed by atoms with E-state index >= 15 is 0 Å². The zero-order valence-corrected chi connectivity index (χ0v) is 14.7. The van der Waals surface area contributed by atoms with Crippen molar-refractivity contribution in [3.8, 4) is 0 Å². The Morgan fingerprint density at radius 2 is 2.12 bits per heavy atom. The first-order chi connectivity index (χ1) is 11.4. The van der Waals surface area contributed by atoms with E-state index in [4.69, 9.17) is 0 Å². The molecule has 2 rings (SSSR count). The maximum atomic E-state index is 11.8. The van der Waals surface area contributed by atoms with Crippen LogP contribution < -0.4 is 10.6 Å². The molecule has 0 aromatic carbocycles. The first-order valence-electron chi connectivity index (χ1n) is 8.02. The van der Waals surface area contributed by atoms with E-state index in [1.54, 1.807) is 17.1 Å². The molecule has 2 aromatic rings. The highest BCUT2D eigenvalue weighted by Crippen LogP contribution is 2.08. The van der Waals surface area contributed by atoms with E-state index in [0.717, 1.165) is 17.9 Å². The molecule has 9 heteroatoms. The van der Waals surface area contributed by atoms with Gasteiger partial charge in [0.05, 0.1) is 24.6 Å². The quantitative estimate of drug-likeness (QED) is 0.687. The van der Waals surface area contributed by atoms with Gasteiger partial charge in [-0.1, -0.05) is 5.21 Å². The average molecular weight is 334 g/mol. The van der Waals surface area contributed by atoms with Crippen LogP contribution in [0.4, 0.5) is 5.69 Å². The Balaban J connectivity index is 1.77. The van der Waals surface area contributed by atoms with Gasteiger partial charge < -0.3 is 15.5 Å². The standard InChI is InChI=1S/C15H26N8O/c1-12(2)23-10-14(19-20-23)7-17-13-8-18-22(9-13)11-15(24)16-5-6-21(3)4/h8-10,12,17H,5-7,11H2,1-4H3,(H,16,24). The second-order valence-corrected chi connectivity index (χ2v) is 6.22. The zero-order chi connectivity index (χ0) is 17.5. The summed E-state index contributed by atoms with van der Waals surface area (Å²) >= 11 is 0. The lowest BCUT2D eigenvalue weighted by atomic mass is 10.4. The lowest BCUT2D eigenvalue weighted by molar-refractivity contribution is -0.121. The molecular formula is C15H26N8O. The largest absolute Gasteiger partial charge is 0.377 e. The van der Waals surface area contributed by atoms with E-state index in [1.165, 1.54) is 0 Å². The van der Waals surface area contributed by atoms with Crippen molar-refractivity contribution in [1.82, 2.24) is 35.0 Å². The number of amides is 1. The van der Waals surface area contributed by atoms with Crippen LogP contribution in [0.5, 0.6) is 0 Å². The van der Waals surface area contributed by atoms with Crippen LogP contribution in [0.25, 0.3) is 0 Å². The Bertz CT molecular complexity index is 645. The molecule has 0 saturated heterocycles. The summed E-state index contributed by atoms with van der Waals surface area (Å²) in [6, 6.07) is 0.292.